The van der Waals surface area contributed by atoms with Crippen molar-refractivity contribution in [3.8, 4) is 0 Å². The van der Waals surface area contributed by atoms with E-state index in [9.17, 15) is 0 Å². The normalized spacial score (nSPS) is 16.9. The van der Waals surface area contributed by atoms with Crippen molar-refractivity contribution in [2.24, 2.45) is 0 Å². The molecule has 5 heteroatoms. The van der Waals surface area contributed by atoms with Crippen LogP contribution in [0.4, 0.5) is 5.69 Å². The third kappa shape index (κ3) is 1.80. The molecule has 0 atom stereocenters. The van der Waals surface area contributed by atoms with Crippen LogP contribution in [0.5, 0.6) is 0 Å². The van der Waals surface area contributed by atoms with Gasteiger partial charge in [-0.25, -0.2) is 4.98 Å². The molecular weight excluding hydrogens is 221 g/mol. The van der Waals surface area contributed by atoms with E-state index in [1.54, 1.807) is 12.3 Å². The number of pyridine rings is 1. The number of likely N-dealkylation sites (N-methyl/N-ethyl adjacent to an activating group) is 1. The number of anilines is 1. The maximum atomic E-state index is 6.01. The first kappa shape index (κ1) is 10.0. The molecule has 1 aromatic rings. The molecule has 1 N–H and O–H groups in total. The van der Waals surface area contributed by atoms with Crippen LogP contribution in [0.2, 0.25) is 10.2 Å². The Labute approximate surface area is 93.0 Å². The lowest BCUT2D eigenvalue weighted by Gasteiger charge is -2.41. The molecule has 3 nitrogen and oxygen atoms in total. The van der Waals surface area contributed by atoms with Crippen LogP contribution in [0.1, 0.15) is 0 Å². The van der Waals surface area contributed by atoms with E-state index in [1.807, 2.05) is 7.05 Å². The van der Waals surface area contributed by atoms with E-state index in [0.717, 1.165) is 18.8 Å². The van der Waals surface area contributed by atoms with Crippen molar-refractivity contribution in [2.75, 3.05) is 25.0 Å². The van der Waals surface area contributed by atoms with E-state index >= 15 is 0 Å². The SMILES string of the molecule is CNC1CN(c2cc(Cl)ncc2Cl)C1. The molecule has 0 radical (unpaired) electrons. The van der Waals surface area contributed by atoms with E-state index < -0.39 is 0 Å². The second-order valence-corrected chi connectivity index (χ2v) is 4.14. The molecule has 1 aliphatic heterocycles. The maximum absolute atomic E-state index is 6.01. The summed E-state index contributed by atoms with van der Waals surface area (Å²) in [7, 11) is 1.96. The Morgan fingerprint density at radius 2 is 2.21 bits per heavy atom. The van der Waals surface area contributed by atoms with Crippen molar-refractivity contribution in [1.29, 1.82) is 0 Å². The van der Waals surface area contributed by atoms with Crippen molar-refractivity contribution < 1.29 is 0 Å². The lowest BCUT2D eigenvalue weighted by atomic mass is 10.1. The smallest absolute Gasteiger partial charge is 0.131 e. The van der Waals surface area contributed by atoms with E-state index in [0.29, 0.717) is 16.2 Å². The fraction of sp³-hybridized carbons (Fsp3) is 0.444. The monoisotopic (exact) mass is 231 g/mol. The number of hydrogen-bond donors (Lipinski definition) is 1. The number of nitrogens with zero attached hydrogens (tertiary/aromatic N) is 2. The molecule has 1 saturated heterocycles. The quantitative estimate of drug-likeness (QED) is 0.788. The van der Waals surface area contributed by atoms with Gasteiger partial charge < -0.3 is 10.2 Å². The first-order chi connectivity index (χ1) is 6.70. The van der Waals surface area contributed by atoms with Gasteiger partial charge in [-0.3, -0.25) is 0 Å². The summed E-state index contributed by atoms with van der Waals surface area (Å²) in [4.78, 5) is 6.09. The molecule has 76 valence electrons. The van der Waals surface area contributed by atoms with Crippen LogP contribution in [0, 0.1) is 0 Å². The topological polar surface area (TPSA) is 28.2 Å². The van der Waals surface area contributed by atoms with Crippen molar-refractivity contribution in [2.45, 2.75) is 6.04 Å². The summed E-state index contributed by atoms with van der Waals surface area (Å²) in [6, 6.07) is 2.36. The van der Waals surface area contributed by atoms with Crippen molar-refractivity contribution in [1.82, 2.24) is 10.3 Å². The molecule has 2 heterocycles. The van der Waals surface area contributed by atoms with Gasteiger partial charge in [-0.1, -0.05) is 23.2 Å². The highest BCUT2D eigenvalue weighted by Crippen LogP contribution is 2.30. The fourth-order valence-corrected chi connectivity index (χ4v) is 1.88. The average Bonchev–Trinajstić information content (AvgIpc) is 2.09. The minimum Gasteiger partial charge on any atom is -0.367 e. The Morgan fingerprint density at radius 1 is 1.50 bits per heavy atom. The highest BCUT2D eigenvalue weighted by molar-refractivity contribution is 6.34. The zero-order valence-corrected chi connectivity index (χ0v) is 9.31. The minimum absolute atomic E-state index is 0.484. The number of halogens is 2. The molecular formula is C9H11Cl2N3. The third-order valence-electron chi connectivity index (χ3n) is 2.43. The Hall–Kier alpha value is -0.510. The molecule has 0 bridgehead atoms. The molecule has 0 aromatic carbocycles. The lowest BCUT2D eigenvalue weighted by Crippen LogP contribution is -2.57. The number of rotatable bonds is 2. The summed E-state index contributed by atoms with van der Waals surface area (Å²) < 4.78 is 0. The molecule has 0 aliphatic carbocycles. The van der Waals surface area contributed by atoms with Gasteiger partial charge in [0.05, 0.1) is 10.7 Å². The van der Waals surface area contributed by atoms with Gasteiger partial charge in [0.15, 0.2) is 0 Å². The van der Waals surface area contributed by atoms with Gasteiger partial charge in [-0.15, -0.1) is 0 Å². The number of aromatic nitrogens is 1. The van der Waals surface area contributed by atoms with Gasteiger partial charge in [0, 0.05) is 31.4 Å². The predicted octanol–water partition coefficient (Wildman–Crippen LogP) is 1.80. The number of hydrogen-bond acceptors (Lipinski definition) is 3. The van der Waals surface area contributed by atoms with Crippen LogP contribution in [0.3, 0.4) is 0 Å². The molecule has 2 rings (SSSR count). The molecule has 14 heavy (non-hydrogen) atoms. The highest BCUT2D eigenvalue weighted by Gasteiger charge is 2.26. The molecule has 0 spiro atoms. The predicted molar refractivity (Wildman–Crippen MR) is 59.3 cm³/mol. The Kier molecular flexibility index (Phi) is 2.81. The number of nitrogens with one attached hydrogen (secondary N) is 1. The van der Waals surface area contributed by atoms with Crippen LogP contribution in [-0.2, 0) is 0 Å². The van der Waals surface area contributed by atoms with E-state index in [-0.39, 0.29) is 0 Å². The summed E-state index contributed by atoms with van der Waals surface area (Å²) in [5.74, 6) is 0. The second kappa shape index (κ2) is 3.93. The molecule has 0 amide bonds. The highest BCUT2D eigenvalue weighted by atomic mass is 35.5. The summed E-state index contributed by atoms with van der Waals surface area (Å²) in [5.41, 5.74) is 0.971. The van der Waals surface area contributed by atoms with Crippen molar-refractivity contribution in [3.05, 3.63) is 22.4 Å². The first-order valence-electron chi connectivity index (χ1n) is 4.44. The van der Waals surface area contributed by atoms with Crippen LogP contribution in [0.15, 0.2) is 12.3 Å². The minimum atomic E-state index is 0.484. The largest absolute Gasteiger partial charge is 0.367 e. The molecule has 1 fully saturated rings. The Balaban J connectivity index is 2.13. The van der Waals surface area contributed by atoms with Crippen LogP contribution in [0.25, 0.3) is 0 Å². The van der Waals surface area contributed by atoms with Crippen LogP contribution >= 0.6 is 23.2 Å². The van der Waals surface area contributed by atoms with Gasteiger partial charge >= 0.3 is 0 Å². The Morgan fingerprint density at radius 3 is 2.86 bits per heavy atom. The van der Waals surface area contributed by atoms with Gasteiger partial charge in [-0.2, -0.15) is 0 Å². The molecule has 0 unspecified atom stereocenters. The third-order valence-corrected chi connectivity index (χ3v) is 2.93. The zero-order chi connectivity index (χ0) is 10.1. The average molecular weight is 232 g/mol. The van der Waals surface area contributed by atoms with E-state index in [4.69, 9.17) is 23.2 Å². The second-order valence-electron chi connectivity index (χ2n) is 3.35. The van der Waals surface area contributed by atoms with E-state index in [1.165, 1.54) is 0 Å². The lowest BCUT2D eigenvalue weighted by molar-refractivity contribution is 0.450. The standard InChI is InChI=1S/C9H11Cl2N3/c1-12-6-4-14(5-6)8-2-9(11)13-3-7(8)10/h2-3,6,12H,4-5H2,1H3. The summed E-state index contributed by atoms with van der Waals surface area (Å²) >= 11 is 11.8. The summed E-state index contributed by atoms with van der Waals surface area (Å²) in [6.07, 6.45) is 1.59. The van der Waals surface area contributed by atoms with Crippen LogP contribution in [-0.4, -0.2) is 31.2 Å². The molecule has 0 saturated carbocycles. The zero-order valence-electron chi connectivity index (χ0n) is 7.80. The summed E-state index contributed by atoms with van der Waals surface area (Å²) in [5, 5.41) is 4.34. The maximum Gasteiger partial charge on any atom is 0.131 e. The van der Waals surface area contributed by atoms with Crippen molar-refractivity contribution >= 4 is 28.9 Å². The first-order valence-corrected chi connectivity index (χ1v) is 5.19. The molecule has 1 aromatic heterocycles. The van der Waals surface area contributed by atoms with Gasteiger partial charge in [0.2, 0.25) is 0 Å². The fourth-order valence-electron chi connectivity index (χ4n) is 1.50. The van der Waals surface area contributed by atoms with E-state index in [2.05, 4.69) is 15.2 Å². The Bertz CT molecular complexity index is 337. The van der Waals surface area contributed by atoms with Gasteiger partial charge in [0.1, 0.15) is 5.15 Å². The van der Waals surface area contributed by atoms with Gasteiger partial charge in [0.25, 0.3) is 0 Å². The van der Waals surface area contributed by atoms with Gasteiger partial charge in [-0.05, 0) is 7.05 Å². The van der Waals surface area contributed by atoms with Crippen LogP contribution < -0.4 is 10.2 Å². The van der Waals surface area contributed by atoms with Crippen molar-refractivity contribution in [3.63, 3.8) is 0 Å². The summed E-state index contributed by atoms with van der Waals surface area (Å²) in [6.45, 7) is 1.94. The molecule has 1 aliphatic rings.